The fraction of sp³-hybridized carbons (Fsp3) is 0.250. The smallest absolute Gasteiger partial charge is 0.316 e. The van der Waals surface area contributed by atoms with Gasteiger partial charge in [0.1, 0.15) is 0 Å². The quantitative estimate of drug-likeness (QED) is 0.742. The van der Waals surface area contributed by atoms with Gasteiger partial charge in [0.15, 0.2) is 0 Å². The van der Waals surface area contributed by atoms with Crippen molar-refractivity contribution in [2.24, 2.45) is 0 Å². The Balaban J connectivity index is 1.49. The number of aromatic nitrogens is 3. The monoisotopic (exact) mass is 347 g/mol. The molecule has 1 N–H and O–H groups in total. The number of carbonyl (C=O) groups excluding carboxylic acids is 1. The lowest BCUT2D eigenvalue weighted by molar-refractivity contribution is 0.205. The number of hydrogen-bond acceptors (Lipinski definition) is 3. The van der Waals surface area contributed by atoms with Gasteiger partial charge in [-0.05, 0) is 42.7 Å². The van der Waals surface area contributed by atoms with Gasteiger partial charge in [0.25, 0.3) is 0 Å². The second kappa shape index (κ2) is 7.39. The molecule has 6 nitrogen and oxygen atoms in total. The van der Waals surface area contributed by atoms with Gasteiger partial charge < -0.3 is 10.2 Å². The number of nitrogens with zero attached hydrogens (tertiary/aromatic N) is 4. The van der Waals surface area contributed by atoms with Crippen molar-refractivity contribution in [2.75, 3.05) is 5.32 Å². The van der Waals surface area contributed by atoms with Crippen molar-refractivity contribution >= 4 is 11.7 Å². The Hall–Kier alpha value is -3.15. The van der Waals surface area contributed by atoms with Crippen LogP contribution in [0.2, 0.25) is 0 Å². The molecule has 1 fully saturated rings. The minimum atomic E-state index is -0.0777. The number of rotatable bonds is 6. The zero-order valence-corrected chi connectivity index (χ0v) is 14.5. The molecule has 2 aromatic heterocycles. The van der Waals surface area contributed by atoms with E-state index in [1.165, 1.54) is 0 Å². The molecule has 0 unspecified atom stereocenters. The second-order valence-corrected chi connectivity index (χ2v) is 6.47. The molecule has 0 bridgehead atoms. The number of nitrogens with one attached hydrogen (secondary N) is 1. The maximum Gasteiger partial charge on any atom is 0.322 e. The molecule has 4 rings (SSSR count). The van der Waals surface area contributed by atoms with Crippen molar-refractivity contribution in [1.29, 1.82) is 0 Å². The second-order valence-electron chi connectivity index (χ2n) is 6.47. The molecule has 1 aromatic carbocycles. The molecule has 1 saturated carbocycles. The number of amides is 2. The third kappa shape index (κ3) is 3.91. The van der Waals surface area contributed by atoms with Gasteiger partial charge in [-0.1, -0.05) is 24.3 Å². The molecule has 1 aliphatic carbocycles. The highest BCUT2D eigenvalue weighted by Gasteiger charge is 2.33. The van der Waals surface area contributed by atoms with Crippen LogP contribution in [-0.4, -0.2) is 31.7 Å². The summed E-state index contributed by atoms with van der Waals surface area (Å²) in [6.45, 7) is 1.14. The Bertz CT molecular complexity index is 859. The van der Waals surface area contributed by atoms with Gasteiger partial charge >= 0.3 is 6.03 Å². The van der Waals surface area contributed by atoms with Crippen LogP contribution in [0.4, 0.5) is 10.5 Å². The summed E-state index contributed by atoms with van der Waals surface area (Å²) in [4.78, 5) is 19.2. The number of hydrogen-bond donors (Lipinski definition) is 1. The number of anilines is 1. The molecular weight excluding hydrogens is 326 g/mol. The first-order valence-electron chi connectivity index (χ1n) is 8.82. The summed E-state index contributed by atoms with van der Waals surface area (Å²) >= 11 is 0. The van der Waals surface area contributed by atoms with Gasteiger partial charge in [-0.2, -0.15) is 5.10 Å². The Morgan fingerprint density at radius 3 is 2.69 bits per heavy atom. The van der Waals surface area contributed by atoms with Crippen molar-refractivity contribution < 1.29 is 4.79 Å². The molecule has 0 saturated heterocycles. The van der Waals surface area contributed by atoms with E-state index in [4.69, 9.17) is 0 Å². The minimum Gasteiger partial charge on any atom is -0.316 e. The lowest BCUT2D eigenvalue weighted by atomic mass is 10.2. The van der Waals surface area contributed by atoms with Crippen molar-refractivity contribution in [3.63, 3.8) is 0 Å². The van der Waals surface area contributed by atoms with E-state index in [1.54, 1.807) is 12.4 Å². The van der Waals surface area contributed by atoms with Gasteiger partial charge in [0.05, 0.1) is 18.8 Å². The van der Waals surface area contributed by atoms with E-state index in [9.17, 15) is 4.79 Å². The molecular formula is C20H21N5O. The van der Waals surface area contributed by atoms with Crippen LogP contribution in [-0.2, 0) is 13.1 Å². The highest BCUT2D eigenvalue weighted by atomic mass is 16.2. The predicted molar refractivity (Wildman–Crippen MR) is 99.6 cm³/mol. The van der Waals surface area contributed by atoms with Gasteiger partial charge in [0.2, 0.25) is 0 Å². The molecule has 132 valence electrons. The molecule has 0 atom stereocenters. The van der Waals surface area contributed by atoms with Crippen LogP contribution in [0, 0.1) is 0 Å². The van der Waals surface area contributed by atoms with E-state index in [0.717, 1.165) is 29.8 Å². The van der Waals surface area contributed by atoms with Crippen LogP contribution < -0.4 is 5.32 Å². The topological polar surface area (TPSA) is 63.1 Å². The van der Waals surface area contributed by atoms with Crippen LogP contribution in [0.25, 0.3) is 0 Å². The highest BCUT2D eigenvalue weighted by molar-refractivity contribution is 5.90. The summed E-state index contributed by atoms with van der Waals surface area (Å²) in [6.07, 6.45) is 7.53. The summed E-state index contributed by atoms with van der Waals surface area (Å²) in [6, 6.07) is 15.8. The Labute approximate surface area is 152 Å². The summed E-state index contributed by atoms with van der Waals surface area (Å²) in [5.41, 5.74) is 2.75. The maximum absolute atomic E-state index is 12.9. The third-order valence-electron chi connectivity index (χ3n) is 4.46. The van der Waals surface area contributed by atoms with Gasteiger partial charge in [-0.25, -0.2) is 4.79 Å². The van der Waals surface area contributed by atoms with Crippen molar-refractivity contribution in [2.45, 2.75) is 32.0 Å². The molecule has 2 heterocycles. The van der Waals surface area contributed by atoms with E-state index in [2.05, 4.69) is 15.4 Å². The fourth-order valence-electron chi connectivity index (χ4n) is 2.95. The number of benzene rings is 1. The van der Waals surface area contributed by atoms with E-state index in [-0.39, 0.29) is 6.03 Å². The third-order valence-corrected chi connectivity index (χ3v) is 4.46. The summed E-state index contributed by atoms with van der Waals surface area (Å²) < 4.78 is 1.84. The summed E-state index contributed by atoms with van der Waals surface area (Å²) in [5, 5.41) is 7.33. The van der Waals surface area contributed by atoms with Gasteiger partial charge in [-0.15, -0.1) is 0 Å². The van der Waals surface area contributed by atoms with Crippen molar-refractivity contribution in [3.8, 4) is 0 Å². The summed E-state index contributed by atoms with van der Waals surface area (Å²) in [5.74, 6) is 0. The highest BCUT2D eigenvalue weighted by Crippen LogP contribution is 2.29. The van der Waals surface area contributed by atoms with E-state index in [0.29, 0.717) is 19.1 Å². The van der Waals surface area contributed by atoms with Crippen LogP contribution in [0.5, 0.6) is 0 Å². The van der Waals surface area contributed by atoms with Crippen molar-refractivity contribution in [1.82, 2.24) is 19.7 Å². The first-order valence-corrected chi connectivity index (χ1v) is 8.82. The van der Waals surface area contributed by atoms with Crippen LogP contribution in [0.1, 0.15) is 24.1 Å². The van der Waals surface area contributed by atoms with Gasteiger partial charge in [0, 0.05) is 30.3 Å². The van der Waals surface area contributed by atoms with Crippen LogP contribution >= 0.6 is 0 Å². The minimum absolute atomic E-state index is 0.0777. The predicted octanol–water partition coefficient (Wildman–Crippen LogP) is 3.52. The standard InChI is InChI=1S/C20H21N5O/c26-20(25(18-9-10-18)15-17-7-3-4-11-21-17)23-19-8-2-1-6-16(19)14-24-13-5-12-22-24/h1-8,11-13,18H,9-10,14-15H2,(H,23,26). The van der Waals surface area contributed by atoms with Crippen molar-refractivity contribution in [3.05, 3.63) is 78.4 Å². The maximum atomic E-state index is 12.9. The molecule has 26 heavy (non-hydrogen) atoms. The lowest BCUT2D eigenvalue weighted by Crippen LogP contribution is -2.36. The molecule has 0 spiro atoms. The van der Waals surface area contributed by atoms with E-state index < -0.39 is 0 Å². The Kier molecular flexibility index (Phi) is 4.64. The first-order chi connectivity index (χ1) is 12.8. The Morgan fingerprint density at radius 2 is 1.96 bits per heavy atom. The zero-order chi connectivity index (χ0) is 17.8. The molecule has 0 radical (unpaired) electrons. The Morgan fingerprint density at radius 1 is 1.12 bits per heavy atom. The largest absolute Gasteiger partial charge is 0.322 e. The van der Waals surface area contributed by atoms with E-state index >= 15 is 0 Å². The van der Waals surface area contributed by atoms with Crippen LogP contribution in [0.3, 0.4) is 0 Å². The zero-order valence-electron chi connectivity index (χ0n) is 14.5. The summed E-state index contributed by atoms with van der Waals surface area (Å²) in [7, 11) is 0. The number of carbonyl (C=O) groups is 1. The normalized spacial score (nSPS) is 13.4. The SMILES string of the molecule is O=C(Nc1ccccc1Cn1cccn1)N(Cc1ccccn1)C1CC1. The molecule has 0 aliphatic heterocycles. The average Bonchev–Trinajstić information content (AvgIpc) is 3.38. The number of urea groups is 1. The number of pyridine rings is 1. The molecule has 2 amide bonds. The molecule has 1 aliphatic rings. The van der Waals surface area contributed by atoms with Gasteiger partial charge in [-0.3, -0.25) is 9.67 Å². The lowest BCUT2D eigenvalue weighted by Gasteiger charge is -2.23. The average molecular weight is 347 g/mol. The van der Waals surface area contributed by atoms with Crippen LogP contribution in [0.15, 0.2) is 67.1 Å². The number of para-hydroxylation sites is 1. The fourth-order valence-corrected chi connectivity index (χ4v) is 2.95. The molecule has 3 aromatic rings. The van der Waals surface area contributed by atoms with E-state index in [1.807, 2.05) is 64.3 Å². The molecule has 6 heteroatoms. The first kappa shape index (κ1) is 16.3.